The highest BCUT2D eigenvalue weighted by atomic mass is 19.1. The SMILES string of the molecule is CC(C)(C(=O)Nc1ccc(N2CCC(C(N)=O)CC2)cc1)c1ccc(F)cc1. The number of halogens is 1. The molecule has 1 aliphatic rings. The van der Waals surface area contributed by atoms with Gasteiger partial charge in [0, 0.05) is 30.4 Å². The minimum atomic E-state index is -0.789. The van der Waals surface area contributed by atoms with Gasteiger partial charge in [0.15, 0.2) is 0 Å². The van der Waals surface area contributed by atoms with Gasteiger partial charge in [-0.3, -0.25) is 9.59 Å². The summed E-state index contributed by atoms with van der Waals surface area (Å²) >= 11 is 0. The zero-order chi connectivity index (χ0) is 20.3. The Hall–Kier alpha value is -2.89. The molecule has 1 heterocycles. The molecule has 2 aromatic carbocycles. The zero-order valence-electron chi connectivity index (χ0n) is 16.2. The van der Waals surface area contributed by atoms with Gasteiger partial charge < -0.3 is 16.0 Å². The maximum Gasteiger partial charge on any atom is 0.234 e. The lowest BCUT2D eigenvalue weighted by atomic mass is 9.83. The maximum atomic E-state index is 13.1. The third kappa shape index (κ3) is 4.32. The molecule has 6 heteroatoms. The van der Waals surface area contributed by atoms with E-state index in [0.29, 0.717) is 5.69 Å². The molecule has 0 aromatic heterocycles. The van der Waals surface area contributed by atoms with E-state index >= 15 is 0 Å². The summed E-state index contributed by atoms with van der Waals surface area (Å²) in [6, 6.07) is 13.7. The number of nitrogens with two attached hydrogens (primary N) is 1. The van der Waals surface area contributed by atoms with Crippen LogP contribution in [0.2, 0.25) is 0 Å². The molecular weight excluding hydrogens is 357 g/mol. The van der Waals surface area contributed by atoms with Crippen LogP contribution in [0.3, 0.4) is 0 Å². The second kappa shape index (κ2) is 8.00. The topological polar surface area (TPSA) is 75.4 Å². The van der Waals surface area contributed by atoms with E-state index in [9.17, 15) is 14.0 Å². The number of benzene rings is 2. The summed E-state index contributed by atoms with van der Waals surface area (Å²) in [5.74, 6) is -0.741. The predicted octanol–water partition coefficient (Wildman–Crippen LogP) is 3.44. The lowest BCUT2D eigenvalue weighted by molar-refractivity contribution is -0.122. The number of carbonyl (C=O) groups is 2. The van der Waals surface area contributed by atoms with Gasteiger partial charge in [0.05, 0.1) is 5.41 Å². The van der Waals surface area contributed by atoms with Gasteiger partial charge in [0.2, 0.25) is 11.8 Å². The van der Waals surface area contributed by atoms with Crippen molar-refractivity contribution >= 4 is 23.2 Å². The summed E-state index contributed by atoms with van der Waals surface area (Å²) in [5.41, 5.74) is 7.11. The molecule has 2 amide bonds. The zero-order valence-corrected chi connectivity index (χ0v) is 16.2. The van der Waals surface area contributed by atoms with Crippen LogP contribution in [0.4, 0.5) is 15.8 Å². The molecule has 0 bridgehead atoms. The average Bonchev–Trinajstić information content (AvgIpc) is 2.69. The first kappa shape index (κ1) is 19.9. The maximum absolute atomic E-state index is 13.1. The van der Waals surface area contributed by atoms with Crippen molar-refractivity contribution in [2.45, 2.75) is 32.1 Å². The van der Waals surface area contributed by atoms with Crippen LogP contribution < -0.4 is 16.0 Å². The van der Waals surface area contributed by atoms with Crippen LogP contribution in [0, 0.1) is 11.7 Å². The highest BCUT2D eigenvalue weighted by molar-refractivity contribution is 5.98. The van der Waals surface area contributed by atoms with Gasteiger partial charge in [-0.25, -0.2) is 4.39 Å². The molecule has 0 spiro atoms. The molecule has 0 atom stereocenters. The van der Waals surface area contributed by atoms with E-state index in [1.807, 2.05) is 38.1 Å². The van der Waals surface area contributed by atoms with E-state index in [-0.39, 0.29) is 23.5 Å². The highest BCUT2D eigenvalue weighted by Crippen LogP contribution is 2.27. The van der Waals surface area contributed by atoms with Gasteiger partial charge >= 0.3 is 0 Å². The fourth-order valence-electron chi connectivity index (χ4n) is 3.46. The van der Waals surface area contributed by atoms with Crippen LogP contribution in [0.1, 0.15) is 32.3 Å². The number of nitrogens with zero attached hydrogens (tertiary/aromatic N) is 1. The molecule has 0 aliphatic carbocycles. The summed E-state index contributed by atoms with van der Waals surface area (Å²) in [7, 11) is 0. The van der Waals surface area contributed by atoms with Gasteiger partial charge in [-0.1, -0.05) is 12.1 Å². The van der Waals surface area contributed by atoms with E-state index in [0.717, 1.165) is 37.2 Å². The Balaban J connectivity index is 1.63. The number of hydrogen-bond acceptors (Lipinski definition) is 3. The van der Waals surface area contributed by atoms with Gasteiger partial charge in [0.1, 0.15) is 5.82 Å². The first-order chi connectivity index (χ1) is 13.3. The molecule has 1 fully saturated rings. The summed E-state index contributed by atoms with van der Waals surface area (Å²) in [6.45, 7) is 5.20. The Morgan fingerprint density at radius 2 is 1.61 bits per heavy atom. The van der Waals surface area contributed by atoms with E-state index in [4.69, 9.17) is 5.73 Å². The van der Waals surface area contributed by atoms with E-state index in [2.05, 4.69) is 10.2 Å². The molecular formula is C22H26FN3O2. The lowest BCUT2D eigenvalue weighted by Crippen LogP contribution is -2.38. The number of nitrogens with one attached hydrogen (secondary N) is 1. The van der Waals surface area contributed by atoms with Crippen LogP contribution >= 0.6 is 0 Å². The Bertz CT molecular complexity index is 839. The van der Waals surface area contributed by atoms with Gasteiger partial charge in [-0.15, -0.1) is 0 Å². The molecule has 5 nitrogen and oxygen atoms in total. The first-order valence-corrected chi connectivity index (χ1v) is 9.49. The van der Waals surface area contributed by atoms with Gasteiger partial charge in [-0.05, 0) is 68.7 Å². The molecule has 1 aliphatic heterocycles. The predicted molar refractivity (Wildman–Crippen MR) is 109 cm³/mol. The van der Waals surface area contributed by atoms with E-state index in [1.165, 1.54) is 12.1 Å². The van der Waals surface area contributed by atoms with Crippen LogP contribution in [0.25, 0.3) is 0 Å². The smallest absolute Gasteiger partial charge is 0.234 e. The van der Waals surface area contributed by atoms with Crippen molar-refractivity contribution in [2.24, 2.45) is 11.7 Å². The second-order valence-electron chi connectivity index (χ2n) is 7.80. The molecule has 2 aromatic rings. The molecule has 0 radical (unpaired) electrons. The minimum Gasteiger partial charge on any atom is -0.371 e. The number of primary amides is 1. The van der Waals surface area contributed by atoms with Crippen molar-refractivity contribution in [2.75, 3.05) is 23.3 Å². The quantitative estimate of drug-likeness (QED) is 0.830. The number of anilines is 2. The molecule has 28 heavy (non-hydrogen) atoms. The summed E-state index contributed by atoms with van der Waals surface area (Å²) < 4.78 is 13.1. The van der Waals surface area contributed by atoms with Crippen molar-refractivity contribution in [3.05, 3.63) is 59.9 Å². The van der Waals surface area contributed by atoms with Crippen LogP contribution in [-0.2, 0) is 15.0 Å². The van der Waals surface area contributed by atoms with E-state index < -0.39 is 5.41 Å². The third-order valence-electron chi connectivity index (χ3n) is 5.52. The molecule has 0 saturated carbocycles. The number of amides is 2. The first-order valence-electron chi connectivity index (χ1n) is 9.49. The Morgan fingerprint density at radius 3 is 2.14 bits per heavy atom. The number of piperidine rings is 1. The monoisotopic (exact) mass is 383 g/mol. The third-order valence-corrected chi connectivity index (χ3v) is 5.52. The van der Waals surface area contributed by atoms with Crippen LogP contribution in [0.15, 0.2) is 48.5 Å². The number of hydrogen-bond donors (Lipinski definition) is 2. The number of rotatable bonds is 5. The Kier molecular flexibility index (Phi) is 5.68. The Morgan fingerprint density at radius 1 is 1.04 bits per heavy atom. The van der Waals surface area contributed by atoms with Crippen molar-refractivity contribution in [3.8, 4) is 0 Å². The van der Waals surface area contributed by atoms with Crippen molar-refractivity contribution in [1.82, 2.24) is 0 Å². The Labute approximate surface area is 164 Å². The molecule has 1 saturated heterocycles. The largest absolute Gasteiger partial charge is 0.371 e. The van der Waals surface area contributed by atoms with Crippen LogP contribution in [-0.4, -0.2) is 24.9 Å². The fraction of sp³-hybridized carbons (Fsp3) is 0.364. The minimum absolute atomic E-state index is 0.0384. The van der Waals surface area contributed by atoms with E-state index in [1.54, 1.807) is 12.1 Å². The molecule has 148 valence electrons. The summed E-state index contributed by atoms with van der Waals surface area (Å²) in [6.07, 6.45) is 1.53. The standard InChI is InChI=1S/C22H26FN3O2/c1-22(2,16-3-5-17(23)6-4-16)21(28)25-18-7-9-19(10-8-18)26-13-11-15(12-14-26)20(24)27/h3-10,15H,11-14H2,1-2H3,(H2,24,27)(H,25,28). The van der Waals surface area contributed by atoms with Crippen LogP contribution in [0.5, 0.6) is 0 Å². The van der Waals surface area contributed by atoms with Gasteiger partial charge in [0.25, 0.3) is 0 Å². The van der Waals surface area contributed by atoms with Crippen molar-refractivity contribution in [3.63, 3.8) is 0 Å². The summed E-state index contributed by atoms with van der Waals surface area (Å²) in [4.78, 5) is 26.3. The van der Waals surface area contributed by atoms with Crippen molar-refractivity contribution < 1.29 is 14.0 Å². The average molecular weight is 383 g/mol. The fourth-order valence-corrected chi connectivity index (χ4v) is 3.46. The van der Waals surface area contributed by atoms with Gasteiger partial charge in [-0.2, -0.15) is 0 Å². The summed E-state index contributed by atoms with van der Waals surface area (Å²) in [5, 5.41) is 2.94. The molecule has 3 N–H and O–H groups in total. The highest BCUT2D eigenvalue weighted by Gasteiger charge is 2.30. The van der Waals surface area contributed by atoms with Crippen molar-refractivity contribution in [1.29, 1.82) is 0 Å². The normalized spacial score (nSPS) is 15.3. The molecule has 0 unspecified atom stereocenters. The lowest BCUT2D eigenvalue weighted by Gasteiger charge is -2.32. The number of carbonyl (C=O) groups excluding carboxylic acids is 2. The molecule has 3 rings (SSSR count). The second-order valence-corrected chi connectivity index (χ2v) is 7.80.